The van der Waals surface area contributed by atoms with Crippen molar-refractivity contribution < 1.29 is 24.1 Å². The second-order valence-corrected chi connectivity index (χ2v) is 8.03. The number of phenols is 1. The van der Waals surface area contributed by atoms with Crippen molar-refractivity contribution in [2.45, 2.75) is 16.4 Å². The van der Waals surface area contributed by atoms with Gasteiger partial charge in [0.1, 0.15) is 18.1 Å². The molecule has 0 radical (unpaired) electrons. The van der Waals surface area contributed by atoms with E-state index in [0.717, 1.165) is 26.3 Å². The molecule has 0 aliphatic heterocycles. The maximum atomic E-state index is 9.72. The van der Waals surface area contributed by atoms with Gasteiger partial charge in [-0.3, -0.25) is 4.98 Å². The zero-order chi connectivity index (χ0) is 22.5. The number of fused-ring (bicyclic) bond motifs is 1. The van der Waals surface area contributed by atoms with E-state index in [2.05, 4.69) is 4.98 Å². The Hall–Kier alpha value is -3.58. The number of hydrogen-bond donors (Lipinski definition) is 1. The van der Waals surface area contributed by atoms with Crippen LogP contribution in [0, 0.1) is 0 Å². The molecule has 1 heterocycles. The number of aromatic hydroxyl groups is 1. The molecule has 0 aliphatic carbocycles. The minimum Gasteiger partial charge on any atom is -0.508 e. The van der Waals surface area contributed by atoms with Gasteiger partial charge in [0.25, 0.3) is 0 Å². The lowest BCUT2D eigenvalue weighted by Crippen LogP contribution is -2.00. The Morgan fingerprint density at radius 3 is 2.34 bits per heavy atom. The summed E-state index contributed by atoms with van der Waals surface area (Å²) in [6.07, 6.45) is 1.77. The fourth-order valence-corrected chi connectivity index (χ4v) is 4.33. The first kappa shape index (κ1) is 21.6. The van der Waals surface area contributed by atoms with E-state index in [1.165, 1.54) is 0 Å². The van der Waals surface area contributed by atoms with Crippen LogP contribution in [0.5, 0.6) is 28.7 Å². The third kappa shape index (κ3) is 4.68. The summed E-state index contributed by atoms with van der Waals surface area (Å²) in [5.74, 6) is 2.66. The van der Waals surface area contributed by atoms with Crippen LogP contribution in [0.2, 0.25) is 0 Å². The number of methoxy groups -OCH3 is 3. The van der Waals surface area contributed by atoms with Crippen molar-refractivity contribution in [1.82, 2.24) is 4.98 Å². The monoisotopic (exact) mass is 449 g/mol. The summed E-state index contributed by atoms with van der Waals surface area (Å²) in [7, 11) is 4.75. The molecule has 164 valence electrons. The van der Waals surface area contributed by atoms with Crippen LogP contribution in [-0.2, 0) is 6.61 Å². The van der Waals surface area contributed by atoms with Gasteiger partial charge in [-0.15, -0.1) is 0 Å². The number of rotatable bonds is 8. The van der Waals surface area contributed by atoms with Crippen LogP contribution in [0.4, 0.5) is 0 Å². The molecule has 0 bridgehead atoms. The van der Waals surface area contributed by atoms with E-state index in [0.29, 0.717) is 29.6 Å². The Morgan fingerprint density at radius 1 is 0.875 bits per heavy atom. The number of phenolic OH excluding ortho intramolecular Hbond substituents is 1. The molecule has 7 heteroatoms. The summed E-state index contributed by atoms with van der Waals surface area (Å²) in [5, 5.41) is 10.7. The molecular formula is C25H23NO5S. The highest BCUT2D eigenvalue weighted by molar-refractivity contribution is 7.99. The minimum atomic E-state index is 0.246. The first-order valence-electron chi connectivity index (χ1n) is 9.88. The van der Waals surface area contributed by atoms with Crippen LogP contribution in [0.25, 0.3) is 10.9 Å². The molecule has 0 unspecified atom stereocenters. The summed E-state index contributed by atoms with van der Waals surface area (Å²) in [6.45, 7) is 0.333. The lowest BCUT2D eigenvalue weighted by atomic mass is 10.2. The van der Waals surface area contributed by atoms with Gasteiger partial charge < -0.3 is 24.1 Å². The summed E-state index contributed by atoms with van der Waals surface area (Å²) in [4.78, 5) is 6.51. The van der Waals surface area contributed by atoms with Gasteiger partial charge in [-0.25, -0.2) is 0 Å². The molecule has 0 spiro atoms. The first-order chi connectivity index (χ1) is 15.6. The van der Waals surface area contributed by atoms with Crippen LogP contribution in [0.1, 0.15) is 5.56 Å². The van der Waals surface area contributed by atoms with Gasteiger partial charge in [-0.1, -0.05) is 17.8 Å². The molecule has 0 fully saturated rings. The molecule has 4 aromatic rings. The van der Waals surface area contributed by atoms with Gasteiger partial charge in [0.05, 0.1) is 26.8 Å². The highest BCUT2D eigenvalue weighted by atomic mass is 32.2. The van der Waals surface area contributed by atoms with Gasteiger partial charge in [0.2, 0.25) is 5.75 Å². The highest BCUT2D eigenvalue weighted by Gasteiger charge is 2.14. The minimum absolute atomic E-state index is 0.246. The molecule has 0 saturated carbocycles. The van der Waals surface area contributed by atoms with Gasteiger partial charge >= 0.3 is 0 Å². The van der Waals surface area contributed by atoms with Crippen molar-refractivity contribution in [3.05, 3.63) is 72.4 Å². The first-order valence-corrected chi connectivity index (χ1v) is 10.7. The SMILES string of the molecule is COc1cc(COc2ccc3c(Sc4cccc(O)c4)ccnc3c2)cc(OC)c1OC. The van der Waals surface area contributed by atoms with Gasteiger partial charge in [0.15, 0.2) is 11.5 Å². The maximum Gasteiger partial charge on any atom is 0.203 e. The van der Waals surface area contributed by atoms with Crippen LogP contribution in [0.15, 0.2) is 76.7 Å². The third-order valence-corrected chi connectivity index (χ3v) is 5.92. The molecule has 4 rings (SSSR count). The van der Waals surface area contributed by atoms with Gasteiger partial charge in [0, 0.05) is 27.4 Å². The average Bonchev–Trinajstić information content (AvgIpc) is 2.82. The molecule has 1 aromatic heterocycles. The quantitative estimate of drug-likeness (QED) is 0.370. The second-order valence-electron chi connectivity index (χ2n) is 6.91. The second kappa shape index (κ2) is 9.70. The van der Waals surface area contributed by atoms with E-state index in [1.807, 2.05) is 48.5 Å². The van der Waals surface area contributed by atoms with Crippen molar-refractivity contribution in [2.75, 3.05) is 21.3 Å². The predicted molar refractivity (Wildman–Crippen MR) is 124 cm³/mol. The van der Waals surface area contributed by atoms with Gasteiger partial charge in [-0.2, -0.15) is 0 Å². The molecule has 0 aliphatic rings. The molecule has 6 nitrogen and oxygen atoms in total. The van der Waals surface area contributed by atoms with Crippen LogP contribution in [-0.4, -0.2) is 31.4 Å². The number of hydrogen-bond acceptors (Lipinski definition) is 7. The van der Waals surface area contributed by atoms with Gasteiger partial charge in [-0.05, 0) is 54.1 Å². The molecule has 0 atom stereocenters. The standard InChI is InChI=1S/C25H23NO5S/c1-28-22-11-16(12-23(29-2)25(22)30-3)15-31-18-7-8-20-21(14-18)26-10-9-24(20)32-19-6-4-5-17(27)13-19/h4-14,27H,15H2,1-3H3. The zero-order valence-electron chi connectivity index (χ0n) is 18.0. The van der Waals surface area contributed by atoms with E-state index in [-0.39, 0.29) is 5.75 Å². The lowest BCUT2D eigenvalue weighted by Gasteiger charge is -2.15. The number of ether oxygens (including phenoxy) is 4. The smallest absolute Gasteiger partial charge is 0.203 e. The van der Waals surface area contributed by atoms with Crippen molar-refractivity contribution >= 4 is 22.7 Å². The number of pyridine rings is 1. The molecular weight excluding hydrogens is 426 g/mol. The zero-order valence-corrected chi connectivity index (χ0v) is 18.8. The predicted octanol–water partition coefficient (Wildman–Crippen LogP) is 5.70. The third-order valence-electron chi connectivity index (χ3n) is 4.85. The Bertz CT molecular complexity index is 1220. The largest absolute Gasteiger partial charge is 0.508 e. The highest BCUT2D eigenvalue weighted by Crippen LogP contribution is 2.39. The van der Waals surface area contributed by atoms with Crippen LogP contribution < -0.4 is 18.9 Å². The Balaban J connectivity index is 1.55. The fourth-order valence-electron chi connectivity index (χ4n) is 3.34. The van der Waals surface area contributed by atoms with Crippen molar-refractivity contribution in [1.29, 1.82) is 0 Å². The fraction of sp³-hybridized carbons (Fsp3) is 0.160. The van der Waals surface area contributed by atoms with E-state index in [9.17, 15) is 5.11 Å². The normalized spacial score (nSPS) is 10.7. The van der Waals surface area contributed by atoms with Crippen LogP contribution >= 0.6 is 11.8 Å². The molecule has 32 heavy (non-hydrogen) atoms. The Morgan fingerprint density at radius 2 is 1.66 bits per heavy atom. The summed E-state index contributed by atoms with van der Waals surface area (Å²) >= 11 is 1.58. The van der Waals surface area contributed by atoms with E-state index < -0.39 is 0 Å². The van der Waals surface area contributed by atoms with E-state index >= 15 is 0 Å². The Kier molecular flexibility index (Phi) is 6.56. The van der Waals surface area contributed by atoms with Crippen molar-refractivity contribution in [2.24, 2.45) is 0 Å². The number of aromatic nitrogens is 1. The molecule has 0 saturated heterocycles. The van der Waals surface area contributed by atoms with Crippen molar-refractivity contribution in [3.63, 3.8) is 0 Å². The van der Waals surface area contributed by atoms with E-state index in [1.54, 1.807) is 51.4 Å². The molecule has 3 aromatic carbocycles. The van der Waals surface area contributed by atoms with E-state index in [4.69, 9.17) is 18.9 Å². The Labute approximate surface area is 190 Å². The molecule has 1 N–H and O–H groups in total. The number of nitrogens with zero attached hydrogens (tertiary/aromatic N) is 1. The lowest BCUT2D eigenvalue weighted by molar-refractivity contribution is 0.299. The summed E-state index contributed by atoms with van der Waals surface area (Å²) in [5.41, 5.74) is 1.72. The average molecular weight is 450 g/mol. The van der Waals surface area contributed by atoms with Crippen LogP contribution in [0.3, 0.4) is 0 Å². The summed E-state index contributed by atoms with van der Waals surface area (Å²) in [6, 6.07) is 18.7. The molecule has 0 amide bonds. The topological polar surface area (TPSA) is 70.0 Å². The maximum absolute atomic E-state index is 9.72. The number of benzene rings is 3. The summed E-state index contributed by atoms with van der Waals surface area (Å²) < 4.78 is 22.2. The van der Waals surface area contributed by atoms with Crippen molar-refractivity contribution in [3.8, 4) is 28.7 Å².